The topological polar surface area (TPSA) is 62.5 Å². The lowest BCUT2D eigenvalue weighted by Crippen LogP contribution is -2.48. The number of hydrogen-bond donors (Lipinski definition) is 0. The molecule has 0 spiro atoms. The van der Waals surface area contributed by atoms with Gasteiger partial charge in [-0.15, -0.1) is 0 Å². The van der Waals surface area contributed by atoms with Gasteiger partial charge in [-0.3, -0.25) is 9.69 Å². The predicted octanol–water partition coefficient (Wildman–Crippen LogP) is 0.603. The van der Waals surface area contributed by atoms with E-state index in [-0.39, 0.29) is 11.9 Å². The fraction of sp³-hybridized carbons (Fsp3) is 0.727. The van der Waals surface area contributed by atoms with Gasteiger partial charge in [-0.2, -0.15) is 4.98 Å². The maximum Gasteiger partial charge on any atom is 0.243 e. The van der Waals surface area contributed by atoms with Gasteiger partial charge in [0.05, 0.1) is 6.04 Å². The molecule has 0 N–H and O–H groups in total. The van der Waals surface area contributed by atoms with Crippen molar-refractivity contribution >= 4 is 5.91 Å². The van der Waals surface area contributed by atoms with Crippen molar-refractivity contribution in [3.63, 3.8) is 0 Å². The van der Waals surface area contributed by atoms with Crippen LogP contribution in [0.4, 0.5) is 0 Å². The molecule has 1 amide bonds. The number of nitrogens with zero attached hydrogens (tertiary/aromatic N) is 4. The van der Waals surface area contributed by atoms with Crippen LogP contribution >= 0.6 is 0 Å². The third-order valence-electron chi connectivity index (χ3n) is 3.21. The van der Waals surface area contributed by atoms with Crippen LogP contribution in [0.5, 0.6) is 0 Å². The molecule has 2 heterocycles. The van der Waals surface area contributed by atoms with E-state index in [9.17, 15) is 4.79 Å². The SMILES string of the molecule is CC(=O)N1CCN([C@H](C)c2nc(C)no2)CC1. The summed E-state index contributed by atoms with van der Waals surface area (Å²) in [5.41, 5.74) is 0. The van der Waals surface area contributed by atoms with Crippen molar-refractivity contribution in [3.8, 4) is 0 Å². The maximum absolute atomic E-state index is 11.2. The number of rotatable bonds is 2. The lowest BCUT2D eigenvalue weighted by atomic mass is 10.2. The van der Waals surface area contributed by atoms with E-state index in [1.165, 1.54) is 0 Å². The molecule has 1 atom stereocenters. The van der Waals surface area contributed by atoms with Crippen molar-refractivity contribution < 1.29 is 9.32 Å². The number of amides is 1. The van der Waals surface area contributed by atoms with Gasteiger partial charge >= 0.3 is 0 Å². The van der Waals surface area contributed by atoms with Crippen LogP contribution in [-0.4, -0.2) is 52.0 Å². The minimum absolute atomic E-state index is 0.116. The summed E-state index contributed by atoms with van der Waals surface area (Å²) in [6.45, 7) is 8.72. The van der Waals surface area contributed by atoms with Gasteiger partial charge in [-0.05, 0) is 13.8 Å². The zero-order valence-corrected chi connectivity index (χ0v) is 10.5. The molecular formula is C11H18N4O2. The molecule has 1 aliphatic heterocycles. The Morgan fingerprint density at radius 2 is 2.00 bits per heavy atom. The smallest absolute Gasteiger partial charge is 0.243 e. The highest BCUT2D eigenvalue weighted by Crippen LogP contribution is 2.19. The summed E-state index contributed by atoms with van der Waals surface area (Å²) in [4.78, 5) is 19.6. The largest absolute Gasteiger partial charge is 0.340 e. The van der Waals surface area contributed by atoms with Gasteiger partial charge < -0.3 is 9.42 Å². The summed E-state index contributed by atoms with van der Waals surface area (Å²) in [6, 6.07) is 0.116. The van der Waals surface area contributed by atoms with E-state index in [1.54, 1.807) is 6.92 Å². The van der Waals surface area contributed by atoms with Crippen molar-refractivity contribution in [1.82, 2.24) is 19.9 Å². The van der Waals surface area contributed by atoms with Gasteiger partial charge in [-0.1, -0.05) is 5.16 Å². The Morgan fingerprint density at radius 1 is 1.35 bits per heavy atom. The van der Waals surface area contributed by atoms with Crippen LogP contribution in [0.3, 0.4) is 0 Å². The average molecular weight is 238 g/mol. The Kier molecular flexibility index (Phi) is 3.42. The molecule has 0 bridgehead atoms. The molecule has 1 saturated heterocycles. The summed E-state index contributed by atoms with van der Waals surface area (Å²) < 4.78 is 5.17. The average Bonchev–Trinajstić information content (AvgIpc) is 2.75. The van der Waals surface area contributed by atoms with E-state index in [1.807, 2.05) is 11.8 Å². The maximum atomic E-state index is 11.2. The van der Waals surface area contributed by atoms with Crippen LogP contribution in [0.1, 0.15) is 31.6 Å². The number of aromatic nitrogens is 2. The Labute approximate surface area is 101 Å². The summed E-state index contributed by atoms with van der Waals surface area (Å²) in [7, 11) is 0. The van der Waals surface area contributed by atoms with E-state index in [0.717, 1.165) is 26.2 Å². The second kappa shape index (κ2) is 4.83. The number of aryl methyl sites for hydroxylation is 1. The fourth-order valence-corrected chi connectivity index (χ4v) is 2.06. The molecule has 1 aliphatic rings. The Balaban J connectivity index is 1.94. The molecule has 0 aliphatic carbocycles. The summed E-state index contributed by atoms with van der Waals surface area (Å²) >= 11 is 0. The molecule has 17 heavy (non-hydrogen) atoms. The van der Waals surface area contributed by atoms with Crippen molar-refractivity contribution in [2.45, 2.75) is 26.8 Å². The first-order valence-electron chi connectivity index (χ1n) is 5.87. The normalized spacial score (nSPS) is 19.4. The molecular weight excluding hydrogens is 220 g/mol. The van der Waals surface area contributed by atoms with Gasteiger partial charge in [0.15, 0.2) is 5.82 Å². The van der Waals surface area contributed by atoms with Crippen LogP contribution in [0.15, 0.2) is 4.52 Å². The highest BCUT2D eigenvalue weighted by Gasteiger charge is 2.26. The van der Waals surface area contributed by atoms with E-state index in [2.05, 4.69) is 22.0 Å². The molecule has 0 saturated carbocycles. The molecule has 1 aromatic heterocycles. The van der Waals surface area contributed by atoms with Gasteiger partial charge in [0, 0.05) is 33.1 Å². The van der Waals surface area contributed by atoms with Crippen molar-refractivity contribution in [3.05, 3.63) is 11.7 Å². The number of carbonyl (C=O) groups excluding carboxylic acids is 1. The van der Waals surface area contributed by atoms with Crippen LogP contribution in [0.25, 0.3) is 0 Å². The molecule has 1 fully saturated rings. The van der Waals surface area contributed by atoms with Gasteiger partial charge in [0.25, 0.3) is 0 Å². The monoisotopic (exact) mass is 238 g/mol. The molecule has 1 aromatic rings. The number of piperazine rings is 1. The zero-order valence-electron chi connectivity index (χ0n) is 10.5. The summed E-state index contributed by atoms with van der Waals surface area (Å²) in [6.07, 6.45) is 0. The van der Waals surface area contributed by atoms with E-state index in [4.69, 9.17) is 4.52 Å². The Hall–Kier alpha value is -1.43. The molecule has 0 unspecified atom stereocenters. The van der Waals surface area contributed by atoms with Crippen LogP contribution < -0.4 is 0 Å². The van der Waals surface area contributed by atoms with E-state index < -0.39 is 0 Å². The zero-order chi connectivity index (χ0) is 12.4. The van der Waals surface area contributed by atoms with Gasteiger partial charge in [0.2, 0.25) is 11.8 Å². The van der Waals surface area contributed by atoms with Crippen LogP contribution in [0, 0.1) is 6.92 Å². The number of carbonyl (C=O) groups is 1. The predicted molar refractivity (Wildman–Crippen MR) is 61.3 cm³/mol. The lowest BCUT2D eigenvalue weighted by molar-refractivity contribution is -0.130. The van der Waals surface area contributed by atoms with E-state index >= 15 is 0 Å². The Bertz CT molecular complexity index is 396. The standard InChI is InChI=1S/C11H18N4O2/c1-8(11-12-9(2)13-17-11)14-4-6-15(7-5-14)10(3)16/h8H,4-7H2,1-3H3/t8-/m1/s1. The Morgan fingerprint density at radius 3 is 2.47 bits per heavy atom. The third-order valence-corrected chi connectivity index (χ3v) is 3.21. The van der Waals surface area contributed by atoms with Crippen LogP contribution in [-0.2, 0) is 4.79 Å². The third kappa shape index (κ3) is 2.63. The molecule has 0 aromatic carbocycles. The highest BCUT2D eigenvalue weighted by atomic mass is 16.5. The minimum atomic E-state index is 0.116. The molecule has 94 valence electrons. The van der Waals surface area contributed by atoms with Crippen LogP contribution in [0.2, 0.25) is 0 Å². The van der Waals surface area contributed by atoms with Crippen molar-refractivity contribution in [1.29, 1.82) is 0 Å². The quantitative estimate of drug-likeness (QED) is 0.755. The second-order valence-electron chi connectivity index (χ2n) is 4.40. The fourth-order valence-electron chi connectivity index (χ4n) is 2.06. The first kappa shape index (κ1) is 12.0. The second-order valence-corrected chi connectivity index (χ2v) is 4.40. The lowest BCUT2D eigenvalue weighted by Gasteiger charge is -2.36. The first-order chi connectivity index (χ1) is 8.08. The molecule has 2 rings (SSSR count). The van der Waals surface area contributed by atoms with Crippen molar-refractivity contribution in [2.24, 2.45) is 0 Å². The summed E-state index contributed by atoms with van der Waals surface area (Å²) in [5.74, 6) is 1.46. The molecule has 6 heteroatoms. The first-order valence-corrected chi connectivity index (χ1v) is 5.87. The minimum Gasteiger partial charge on any atom is -0.340 e. The van der Waals surface area contributed by atoms with E-state index in [0.29, 0.717) is 11.7 Å². The highest BCUT2D eigenvalue weighted by molar-refractivity contribution is 5.73. The summed E-state index contributed by atoms with van der Waals surface area (Å²) in [5, 5.41) is 3.80. The molecule has 6 nitrogen and oxygen atoms in total. The molecule has 0 radical (unpaired) electrons. The van der Waals surface area contributed by atoms with Gasteiger partial charge in [-0.25, -0.2) is 0 Å². The number of hydrogen-bond acceptors (Lipinski definition) is 5. The van der Waals surface area contributed by atoms with Gasteiger partial charge in [0.1, 0.15) is 0 Å². The van der Waals surface area contributed by atoms with Crippen molar-refractivity contribution in [2.75, 3.05) is 26.2 Å².